The van der Waals surface area contributed by atoms with Crippen LogP contribution in [0.25, 0.3) is 0 Å². The van der Waals surface area contributed by atoms with Crippen LogP contribution >= 0.6 is 0 Å². The van der Waals surface area contributed by atoms with Crippen molar-refractivity contribution in [3.8, 4) is 0 Å². The minimum absolute atomic E-state index is 0.0354. The van der Waals surface area contributed by atoms with Crippen LogP contribution in [-0.4, -0.2) is 33.7 Å². The van der Waals surface area contributed by atoms with E-state index in [0.717, 1.165) is 38.5 Å². The van der Waals surface area contributed by atoms with Crippen LogP contribution in [0.2, 0.25) is 0 Å². The van der Waals surface area contributed by atoms with Gasteiger partial charge in [0, 0.05) is 24.2 Å². The Kier molecular flexibility index (Phi) is 4.16. The number of hydrogen-bond acceptors (Lipinski definition) is 5. The first kappa shape index (κ1) is 19.4. The van der Waals surface area contributed by atoms with Crippen molar-refractivity contribution in [3.05, 3.63) is 0 Å². The summed E-state index contributed by atoms with van der Waals surface area (Å²) in [5.74, 6) is -0.185. The summed E-state index contributed by atoms with van der Waals surface area (Å²) < 4.78 is 0. The van der Waals surface area contributed by atoms with E-state index < -0.39 is 24.1 Å². The molecule has 0 heterocycles. The Hall–Kier alpha value is -0.940. The summed E-state index contributed by atoms with van der Waals surface area (Å²) in [5, 5.41) is 32.9. The summed E-state index contributed by atoms with van der Waals surface area (Å²) in [7, 11) is 0. The minimum atomic E-state index is -1.32. The molecule has 0 aliphatic heterocycles. The summed E-state index contributed by atoms with van der Waals surface area (Å²) in [4.78, 5) is 23.6. The fraction of sp³-hybridized carbons (Fsp3) is 0.909. The van der Waals surface area contributed by atoms with Crippen molar-refractivity contribution in [2.45, 2.75) is 90.3 Å². The van der Waals surface area contributed by atoms with Gasteiger partial charge in [0.2, 0.25) is 0 Å². The van der Waals surface area contributed by atoms with Gasteiger partial charge in [-0.3, -0.25) is 4.79 Å². The summed E-state index contributed by atoms with van der Waals surface area (Å²) in [6.07, 6.45) is 4.90. The third-order valence-electron chi connectivity index (χ3n) is 9.48. The van der Waals surface area contributed by atoms with Crippen LogP contribution in [0.5, 0.6) is 0 Å². The standard InChI is InChI=1S/C22H34O5/c1-19(2)14-6-9-21-11-13(22(27,12-21)17(24)10-18(25)26)4-5-15(21)20(14,3)8-7-16(19)23/h13-15,17,24,27H,4-12H2,1-3H3,(H,25,26)/p-1/t13-,14+,15-,17?,20+,21+,22-/m0/s1. The van der Waals surface area contributed by atoms with Gasteiger partial charge in [0.1, 0.15) is 5.78 Å². The van der Waals surface area contributed by atoms with Crippen LogP contribution in [0.1, 0.15) is 78.6 Å². The number of fused-ring (bicyclic) bond motifs is 3. The molecule has 0 amide bonds. The molecule has 5 heteroatoms. The zero-order valence-corrected chi connectivity index (χ0v) is 16.8. The number of ketones is 1. The van der Waals surface area contributed by atoms with Crippen LogP contribution in [-0.2, 0) is 9.59 Å². The molecule has 2 N–H and O–H groups in total. The Bertz CT molecular complexity index is 672. The maximum absolute atomic E-state index is 12.6. The number of carboxylic acid groups (broad SMARTS) is 1. The van der Waals surface area contributed by atoms with Crippen LogP contribution in [0.4, 0.5) is 0 Å². The maximum Gasteiger partial charge on any atom is 0.138 e. The van der Waals surface area contributed by atoms with Crippen LogP contribution < -0.4 is 5.11 Å². The highest BCUT2D eigenvalue weighted by Crippen LogP contribution is 2.72. The third kappa shape index (κ3) is 2.50. The van der Waals surface area contributed by atoms with Gasteiger partial charge in [0.05, 0.1) is 11.7 Å². The molecule has 2 bridgehead atoms. The average molecular weight is 378 g/mol. The molecule has 1 unspecified atom stereocenters. The number of hydrogen-bond donors (Lipinski definition) is 2. The molecule has 4 fully saturated rings. The highest BCUT2D eigenvalue weighted by Gasteiger charge is 2.68. The lowest BCUT2D eigenvalue weighted by Gasteiger charge is -2.63. The molecule has 1 spiro atoms. The largest absolute Gasteiger partial charge is 0.550 e. The van der Waals surface area contributed by atoms with E-state index in [4.69, 9.17) is 0 Å². The Morgan fingerprint density at radius 3 is 2.56 bits per heavy atom. The lowest BCUT2D eigenvalue weighted by molar-refractivity contribution is -0.309. The number of rotatable bonds is 3. The lowest BCUT2D eigenvalue weighted by Crippen LogP contribution is -2.58. The SMILES string of the molecule is CC1(C)C(=O)CC[C@]2(C)[C@@H]1CC[C@]13C[C@H](CC[C@H]12)[C@](O)(C(O)CC(=O)[O-])C3. The third-order valence-corrected chi connectivity index (χ3v) is 9.48. The molecule has 4 saturated carbocycles. The van der Waals surface area contributed by atoms with E-state index in [1.54, 1.807) is 0 Å². The quantitative estimate of drug-likeness (QED) is 0.782. The molecule has 0 aromatic heterocycles. The number of aliphatic carboxylic acids is 1. The van der Waals surface area contributed by atoms with Crippen molar-refractivity contribution in [1.29, 1.82) is 0 Å². The van der Waals surface area contributed by atoms with E-state index >= 15 is 0 Å². The monoisotopic (exact) mass is 377 g/mol. The molecular formula is C22H33O5-. The molecule has 27 heavy (non-hydrogen) atoms. The first-order valence-corrected chi connectivity index (χ1v) is 10.6. The second-order valence-corrected chi connectivity index (χ2v) is 10.9. The smallest absolute Gasteiger partial charge is 0.138 e. The van der Waals surface area contributed by atoms with Crippen molar-refractivity contribution >= 4 is 11.8 Å². The fourth-order valence-electron chi connectivity index (χ4n) is 8.30. The summed E-state index contributed by atoms with van der Waals surface area (Å²) in [5.41, 5.74) is -1.58. The number of Topliss-reactive ketones (excluding diaryl/α,β-unsaturated/α-hetero) is 1. The number of carboxylic acids is 1. The van der Waals surface area contributed by atoms with Crippen LogP contribution in [0.3, 0.4) is 0 Å². The molecule has 4 aliphatic carbocycles. The van der Waals surface area contributed by atoms with E-state index in [-0.39, 0.29) is 22.2 Å². The maximum atomic E-state index is 12.6. The molecule has 7 atom stereocenters. The van der Waals surface area contributed by atoms with E-state index in [9.17, 15) is 24.9 Å². The summed E-state index contributed by atoms with van der Waals surface area (Å²) >= 11 is 0. The van der Waals surface area contributed by atoms with Gasteiger partial charge in [-0.25, -0.2) is 0 Å². The fourth-order valence-corrected chi connectivity index (χ4v) is 8.30. The highest BCUT2D eigenvalue weighted by atomic mass is 16.4. The van der Waals surface area contributed by atoms with Gasteiger partial charge < -0.3 is 20.1 Å². The van der Waals surface area contributed by atoms with Crippen molar-refractivity contribution in [3.63, 3.8) is 0 Å². The van der Waals surface area contributed by atoms with Crippen LogP contribution in [0, 0.1) is 34.0 Å². The van der Waals surface area contributed by atoms with Crippen molar-refractivity contribution < 1.29 is 24.9 Å². The van der Waals surface area contributed by atoms with E-state index in [0.29, 0.717) is 30.5 Å². The average Bonchev–Trinajstić information content (AvgIpc) is 2.78. The van der Waals surface area contributed by atoms with Gasteiger partial charge in [-0.05, 0) is 73.5 Å². The molecule has 0 aromatic rings. The molecule has 0 saturated heterocycles. The molecule has 4 aliphatic rings. The highest BCUT2D eigenvalue weighted by molar-refractivity contribution is 5.85. The van der Waals surface area contributed by atoms with Crippen molar-refractivity contribution in [2.75, 3.05) is 0 Å². The van der Waals surface area contributed by atoms with Crippen molar-refractivity contribution in [2.24, 2.45) is 34.0 Å². The Morgan fingerprint density at radius 1 is 1.19 bits per heavy atom. The molecule has 4 rings (SSSR count). The van der Waals surface area contributed by atoms with E-state index in [2.05, 4.69) is 20.8 Å². The summed E-state index contributed by atoms with van der Waals surface area (Å²) in [6.45, 7) is 6.57. The number of aliphatic hydroxyl groups is 2. The zero-order valence-electron chi connectivity index (χ0n) is 16.8. The summed E-state index contributed by atoms with van der Waals surface area (Å²) in [6, 6.07) is 0. The van der Waals surface area contributed by atoms with Gasteiger partial charge in [0.25, 0.3) is 0 Å². The van der Waals surface area contributed by atoms with Gasteiger partial charge in [-0.15, -0.1) is 0 Å². The molecule has 152 valence electrons. The first-order valence-electron chi connectivity index (χ1n) is 10.6. The van der Waals surface area contributed by atoms with E-state index in [1.165, 1.54) is 0 Å². The predicted octanol–water partition coefficient (Wildman–Crippen LogP) is 1.83. The van der Waals surface area contributed by atoms with E-state index in [1.807, 2.05) is 0 Å². The number of carbonyl (C=O) groups is 2. The normalized spacial score (nSPS) is 49.2. The molecular weight excluding hydrogens is 344 g/mol. The lowest BCUT2D eigenvalue weighted by atomic mass is 9.41. The molecule has 0 aromatic carbocycles. The number of carbonyl (C=O) groups excluding carboxylic acids is 2. The van der Waals surface area contributed by atoms with Crippen LogP contribution in [0.15, 0.2) is 0 Å². The van der Waals surface area contributed by atoms with Gasteiger partial charge >= 0.3 is 0 Å². The van der Waals surface area contributed by atoms with Gasteiger partial charge in [-0.2, -0.15) is 0 Å². The van der Waals surface area contributed by atoms with Gasteiger partial charge in [-0.1, -0.05) is 20.8 Å². The second-order valence-electron chi connectivity index (χ2n) is 10.9. The first-order chi connectivity index (χ1) is 12.5. The van der Waals surface area contributed by atoms with Gasteiger partial charge in [0.15, 0.2) is 0 Å². The Balaban J connectivity index is 1.67. The topological polar surface area (TPSA) is 97.7 Å². The molecule has 5 nitrogen and oxygen atoms in total. The van der Waals surface area contributed by atoms with Crippen molar-refractivity contribution in [1.82, 2.24) is 0 Å². The molecule has 0 radical (unpaired) electrons. The minimum Gasteiger partial charge on any atom is -0.550 e. The zero-order chi connectivity index (χ0) is 19.8. The Labute approximate surface area is 161 Å². The second kappa shape index (κ2) is 5.79. The predicted molar refractivity (Wildman–Crippen MR) is 97.3 cm³/mol. The number of aliphatic hydroxyl groups excluding tert-OH is 1. The Morgan fingerprint density at radius 2 is 1.89 bits per heavy atom.